The second kappa shape index (κ2) is 11.5. The van der Waals surface area contributed by atoms with E-state index in [1.54, 1.807) is 6.20 Å². The molecular weight excluding hydrogens is 479 g/mol. The Morgan fingerprint density at radius 2 is 1.90 bits per heavy atom. The molecule has 2 aromatic rings. The standard InChI is InChI=1S/C21H32N6O.HI/c1-21(2,26-13-15-28-16-14-26)17-24-20(22-3)23-11-9-18-5-7-19(8-6-18)27-12-4-10-25-27;/h4-8,10,12H,9,11,13-17H2,1-3H3,(H2,22,23,24);1H. The van der Waals surface area contributed by atoms with E-state index < -0.39 is 0 Å². The van der Waals surface area contributed by atoms with Gasteiger partial charge in [-0.15, -0.1) is 24.0 Å². The fourth-order valence-corrected chi connectivity index (χ4v) is 3.36. The first-order valence-electron chi connectivity index (χ1n) is 9.95. The van der Waals surface area contributed by atoms with Crippen LogP contribution in [0.4, 0.5) is 0 Å². The summed E-state index contributed by atoms with van der Waals surface area (Å²) in [7, 11) is 1.82. The zero-order valence-corrected chi connectivity index (χ0v) is 19.9. The van der Waals surface area contributed by atoms with Gasteiger partial charge in [-0.05, 0) is 44.0 Å². The molecule has 7 nitrogen and oxygen atoms in total. The molecule has 0 unspecified atom stereocenters. The van der Waals surface area contributed by atoms with Crippen molar-refractivity contribution in [3.05, 3.63) is 48.3 Å². The summed E-state index contributed by atoms with van der Waals surface area (Å²) in [6.07, 6.45) is 4.67. The van der Waals surface area contributed by atoms with E-state index in [0.717, 1.165) is 57.5 Å². The molecule has 0 aliphatic carbocycles. The Labute approximate surface area is 190 Å². The maximum atomic E-state index is 5.46. The van der Waals surface area contributed by atoms with E-state index >= 15 is 0 Å². The van der Waals surface area contributed by atoms with Crippen molar-refractivity contribution >= 4 is 29.9 Å². The van der Waals surface area contributed by atoms with E-state index in [2.05, 4.69) is 63.7 Å². The van der Waals surface area contributed by atoms with Crippen molar-refractivity contribution in [1.82, 2.24) is 25.3 Å². The van der Waals surface area contributed by atoms with Crippen molar-refractivity contribution in [3.63, 3.8) is 0 Å². The second-order valence-electron chi connectivity index (χ2n) is 7.63. The smallest absolute Gasteiger partial charge is 0.191 e. The van der Waals surface area contributed by atoms with E-state index in [1.807, 2.05) is 24.0 Å². The van der Waals surface area contributed by atoms with Crippen LogP contribution in [-0.4, -0.2) is 72.6 Å². The topological polar surface area (TPSA) is 66.7 Å². The lowest BCUT2D eigenvalue weighted by Gasteiger charge is -2.41. The normalized spacial score (nSPS) is 15.6. The first-order chi connectivity index (χ1) is 13.6. The Balaban J connectivity index is 0.00000300. The van der Waals surface area contributed by atoms with Gasteiger partial charge in [-0.1, -0.05) is 12.1 Å². The molecule has 0 atom stereocenters. The molecule has 0 saturated carbocycles. The minimum absolute atomic E-state index is 0. The highest BCUT2D eigenvalue weighted by Gasteiger charge is 2.28. The fourth-order valence-electron chi connectivity index (χ4n) is 3.36. The monoisotopic (exact) mass is 512 g/mol. The molecule has 3 rings (SSSR count). The Kier molecular flexibility index (Phi) is 9.38. The predicted octanol–water partition coefficient (Wildman–Crippen LogP) is 2.31. The summed E-state index contributed by atoms with van der Waals surface area (Å²) >= 11 is 0. The third-order valence-electron chi connectivity index (χ3n) is 5.19. The van der Waals surface area contributed by atoms with E-state index in [1.165, 1.54) is 5.56 Å². The lowest BCUT2D eigenvalue weighted by Crippen LogP contribution is -2.56. The number of guanidine groups is 1. The number of nitrogens with one attached hydrogen (secondary N) is 2. The number of nitrogens with zero attached hydrogens (tertiary/aromatic N) is 4. The molecule has 1 aliphatic rings. The van der Waals surface area contributed by atoms with Gasteiger partial charge in [0.15, 0.2) is 5.96 Å². The molecule has 8 heteroatoms. The number of aliphatic imine (C=N–C) groups is 1. The average molecular weight is 512 g/mol. The summed E-state index contributed by atoms with van der Waals surface area (Å²) in [5.41, 5.74) is 2.42. The Bertz CT molecular complexity index is 739. The molecule has 160 valence electrons. The predicted molar refractivity (Wildman–Crippen MR) is 129 cm³/mol. The van der Waals surface area contributed by atoms with E-state index in [4.69, 9.17) is 4.74 Å². The van der Waals surface area contributed by atoms with Gasteiger partial charge in [0.2, 0.25) is 0 Å². The average Bonchev–Trinajstić information content (AvgIpc) is 3.26. The van der Waals surface area contributed by atoms with Gasteiger partial charge in [0.1, 0.15) is 0 Å². The van der Waals surface area contributed by atoms with Crippen molar-refractivity contribution in [2.24, 2.45) is 4.99 Å². The number of benzene rings is 1. The van der Waals surface area contributed by atoms with Crippen LogP contribution in [0.25, 0.3) is 5.69 Å². The lowest BCUT2D eigenvalue weighted by molar-refractivity contribution is -0.00833. The first-order valence-corrected chi connectivity index (χ1v) is 9.95. The maximum absolute atomic E-state index is 5.46. The van der Waals surface area contributed by atoms with Crippen LogP contribution in [-0.2, 0) is 11.2 Å². The molecule has 1 aromatic heterocycles. The van der Waals surface area contributed by atoms with Crippen LogP contribution in [0, 0.1) is 0 Å². The van der Waals surface area contributed by atoms with Gasteiger partial charge in [0.05, 0.1) is 18.9 Å². The Morgan fingerprint density at radius 1 is 1.17 bits per heavy atom. The lowest BCUT2D eigenvalue weighted by atomic mass is 10.0. The molecule has 0 spiro atoms. The number of morpholine rings is 1. The van der Waals surface area contributed by atoms with E-state index in [-0.39, 0.29) is 29.5 Å². The van der Waals surface area contributed by atoms with Crippen molar-refractivity contribution in [2.75, 3.05) is 46.4 Å². The van der Waals surface area contributed by atoms with Crippen LogP contribution in [0.3, 0.4) is 0 Å². The summed E-state index contributed by atoms with van der Waals surface area (Å²) in [6.45, 7) is 9.79. The number of hydrogen-bond acceptors (Lipinski definition) is 4. The highest BCUT2D eigenvalue weighted by Crippen LogP contribution is 2.15. The molecular formula is C21H33IN6O. The molecule has 0 amide bonds. The van der Waals surface area contributed by atoms with Crippen LogP contribution in [0.5, 0.6) is 0 Å². The van der Waals surface area contributed by atoms with Gasteiger partial charge in [-0.25, -0.2) is 4.68 Å². The second-order valence-corrected chi connectivity index (χ2v) is 7.63. The third-order valence-corrected chi connectivity index (χ3v) is 5.19. The van der Waals surface area contributed by atoms with Crippen LogP contribution in [0.15, 0.2) is 47.7 Å². The van der Waals surface area contributed by atoms with Gasteiger partial charge < -0.3 is 15.4 Å². The summed E-state index contributed by atoms with van der Waals surface area (Å²) in [5, 5.41) is 11.1. The van der Waals surface area contributed by atoms with Crippen molar-refractivity contribution in [2.45, 2.75) is 25.8 Å². The number of ether oxygens (including phenoxy) is 1. The molecule has 1 aromatic carbocycles. The SMILES string of the molecule is CN=C(NCCc1ccc(-n2cccn2)cc1)NCC(C)(C)N1CCOCC1.I. The van der Waals surface area contributed by atoms with Gasteiger partial charge in [0.25, 0.3) is 0 Å². The molecule has 29 heavy (non-hydrogen) atoms. The summed E-state index contributed by atoms with van der Waals surface area (Å²) in [4.78, 5) is 6.83. The van der Waals surface area contributed by atoms with E-state index in [0.29, 0.717) is 0 Å². The Hall–Kier alpha value is -1.65. The molecule has 1 saturated heterocycles. The number of aromatic nitrogens is 2. The third kappa shape index (κ3) is 6.97. The molecule has 0 bridgehead atoms. The van der Waals surface area contributed by atoms with Gasteiger partial charge in [-0.2, -0.15) is 5.10 Å². The van der Waals surface area contributed by atoms with Crippen molar-refractivity contribution in [1.29, 1.82) is 0 Å². The molecule has 1 aliphatic heterocycles. The molecule has 2 N–H and O–H groups in total. The van der Waals surface area contributed by atoms with Gasteiger partial charge in [-0.3, -0.25) is 9.89 Å². The molecule has 0 radical (unpaired) electrons. The largest absolute Gasteiger partial charge is 0.379 e. The maximum Gasteiger partial charge on any atom is 0.191 e. The van der Waals surface area contributed by atoms with Crippen molar-refractivity contribution in [3.8, 4) is 5.69 Å². The van der Waals surface area contributed by atoms with Gasteiger partial charge >= 0.3 is 0 Å². The quantitative estimate of drug-likeness (QED) is 0.339. The Morgan fingerprint density at radius 3 is 2.52 bits per heavy atom. The van der Waals surface area contributed by atoms with Crippen LogP contribution in [0.1, 0.15) is 19.4 Å². The zero-order valence-electron chi connectivity index (χ0n) is 17.6. The first kappa shape index (κ1) is 23.6. The number of rotatable bonds is 7. The van der Waals surface area contributed by atoms with E-state index in [9.17, 15) is 0 Å². The zero-order chi connectivity index (χ0) is 19.8. The minimum Gasteiger partial charge on any atom is -0.379 e. The fraction of sp³-hybridized carbons (Fsp3) is 0.524. The van der Waals surface area contributed by atoms with Crippen LogP contribution in [0.2, 0.25) is 0 Å². The summed E-state index contributed by atoms with van der Waals surface area (Å²) in [6, 6.07) is 10.4. The highest BCUT2D eigenvalue weighted by molar-refractivity contribution is 14.0. The van der Waals surface area contributed by atoms with Gasteiger partial charge in [0, 0.05) is 51.2 Å². The van der Waals surface area contributed by atoms with Crippen LogP contribution < -0.4 is 10.6 Å². The summed E-state index contributed by atoms with van der Waals surface area (Å²) < 4.78 is 7.33. The highest BCUT2D eigenvalue weighted by atomic mass is 127. The molecule has 1 fully saturated rings. The van der Waals surface area contributed by atoms with Crippen molar-refractivity contribution < 1.29 is 4.74 Å². The minimum atomic E-state index is 0. The number of hydrogen-bond donors (Lipinski definition) is 2. The summed E-state index contributed by atoms with van der Waals surface area (Å²) in [5.74, 6) is 0.842. The van der Waals surface area contributed by atoms with Crippen LogP contribution >= 0.6 is 24.0 Å². The number of halogens is 1. The molecule has 2 heterocycles.